The lowest BCUT2D eigenvalue weighted by Gasteiger charge is -1.76. The van der Waals surface area contributed by atoms with Crippen LogP contribution < -0.4 is 0 Å². The summed E-state index contributed by atoms with van der Waals surface area (Å²) in [5.41, 5.74) is 0. The molecule has 0 unspecified atom stereocenters. The van der Waals surface area contributed by atoms with Gasteiger partial charge in [0.1, 0.15) is 5.40 Å². The smallest absolute Gasteiger partial charge is 0.231 e. The Morgan fingerprint density at radius 2 is 2.56 bits per heavy atom. The lowest BCUT2D eigenvalue weighted by molar-refractivity contribution is -0.402. The second-order valence-electron chi connectivity index (χ2n) is 1.07. The van der Waals surface area contributed by atoms with Gasteiger partial charge in [-0.25, -0.2) is 0 Å². The molecule has 9 heavy (non-hydrogen) atoms. The molecule has 0 atom stereocenters. The number of thiocyanates is 1. The van der Waals surface area contributed by atoms with Gasteiger partial charge >= 0.3 is 0 Å². The van der Waals surface area contributed by atoms with E-state index >= 15 is 0 Å². The molecule has 0 saturated heterocycles. The van der Waals surface area contributed by atoms with E-state index in [1.54, 1.807) is 5.40 Å². The van der Waals surface area contributed by atoms with Crippen LogP contribution in [0.25, 0.3) is 0 Å². The lowest BCUT2D eigenvalue weighted by Crippen LogP contribution is -1.82. The highest BCUT2D eigenvalue weighted by Gasteiger charge is 1.83. The van der Waals surface area contributed by atoms with Gasteiger partial charge in [0.2, 0.25) is 6.20 Å². The van der Waals surface area contributed by atoms with Gasteiger partial charge in [0.05, 0.1) is 4.92 Å². The normalized spacial score (nSPS) is 9.22. The number of nitrogens with zero attached hydrogens (tertiary/aromatic N) is 2. The first-order valence-electron chi connectivity index (χ1n) is 2.08. The van der Waals surface area contributed by atoms with Crippen LogP contribution in [0, 0.1) is 20.8 Å². The molecule has 0 rings (SSSR count). The van der Waals surface area contributed by atoms with Crippen molar-refractivity contribution in [3.8, 4) is 5.40 Å². The minimum atomic E-state index is -0.558. The summed E-state index contributed by atoms with van der Waals surface area (Å²) in [4.78, 5) is 9.03. The largest absolute Gasteiger partial charge is 0.259 e. The first-order chi connectivity index (χ1) is 4.27. The molecule has 0 aliphatic carbocycles. The van der Waals surface area contributed by atoms with E-state index < -0.39 is 4.92 Å². The standard InChI is InChI=1S/C4H4N2O2S/c5-4-9-3-1-2-6(7)8/h1-2H,3H2. The quantitative estimate of drug-likeness (QED) is 0.256. The molecule has 0 spiro atoms. The van der Waals surface area contributed by atoms with Crippen LogP contribution in [0.3, 0.4) is 0 Å². The Balaban J connectivity index is 3.28. The molecule has 0 aliphatic rings. The minimum absolute atomic E-state index is 0.373. The second-order valence-corrected chi connectivity index (χ2v) is 1.88. The molecule has 0 fully saturated rings. The summed E-state index contributed by atoms with van der Waals surface area (Å²) >= 11 is 0.964. The van der Waals surface area contributed by atoms with Crippen molar-refractivity contribution in [3.05, 3.63) is 22.4 Å². The maximum Gasteiger partial charge on any atom is 0.231 e. The molecule has 0 aromatic heterocycles. The molecule has 0 radical (unpaired) electrons. The van der Waals surface area contributed by atoms with Gasteiger partial charge in [-0.3, -0.25) is 10.1 Å². The SMILES string of the molecule is N#CSCC=C[N+](=O)[O-]. The van der Waals surface area contributed by atoms with E-state index in [0.717, 1.165) is 18.0 Å². The van der Waals surface area contributed by atoms with Crippen LogP contribution in [-0.4, -0.2) is 10.7 Å². The Labute approximate surface area is 56.3 Å². The fourth-order valence-electron chi connectivity index (χ4n) is 0.214. The summed E-state index contributed by atoms with van der Waals surface area (Å²) in [5, 5.41) is 19.3. The molecule has 0 N–H and O–H groups in total. The minimum Gasteiger partial charge on any atom is -0.259 e. The molecule has 48 valence electrons. The van der Waals surface area contributed by atoms with Gasteiger partial charge < -0.3 is 0 Å². The summed E-state index contributed by atoms with van der Waals surface area (Å²) in [7, 11) is 0. The van der Waals surface area contributed by atoms with Crippen LogP contribution in [-0.2, 0) is 0 Å². The van der Waals surface area contributed by atoms with Gasteiger partial charge in [-0.05, 0) is 17.8 Å². The average Bonchev–Trinajstić information content (AvgIpc) is 1.80. The number of nitro groups is 1. The summed E-state index contributed by atoms with van der Waals surface area (Å²) in [6, 6.07) is 0. The fourth-order valence-corrected chi connectivity index (χ4v) is 0.471. The molecule has 0 aromatic carbocycles. The fraction of sp³-hybridized carbons (Fsp3) is 0.250. The Hall–Kier alpha value is -1.02. The van der Waals surface area contributed by atoms with E-state index in [1.165, 1.54) is 6.08 Å². The van der Waals surface area contributed by atoms with Crippen molar-refractivity contribution in [2.75, 3.05) is 5.75 Å². The van der Waals surface area contributed by atoms with Crippen LogP contribution in [0.4, 0.5) is 0 Å². The molecule has 0 amide bonds. The van der Waals surface area contributed by atoms with E-state index in [-0.39, 0.29) is 0 Å². The summed E-state index contributed by atoms with van der Waals surface area (Å²) < 4.78 is 0. The number of nitriles is 1. The topological polar surface area (TPSA) is 66.9 Å². The van der Waals surface area contributed by atoms with Gasteiger partial charge in [-0.15, -0.1) is 0 Å². The van der Waals surface area contributed by atoms with E-state index in [9.17, 15) is 10.1 Å². The second kappa shape index (κ2) is 5.12. The van der Waals surface area contributed by atoms with Crippen molar-refractivity contribution in [3.63, 3.8) is 0 Å². The molecule has 5 heteroatoms. The van der Waals surface area contributed by atoms with Crippen LogP contribution in [0.15, 0.2) is 12.3 Å². The highest BCUT2D eigenvalue weighted by atomic mass is 32.2. The third-order valence-electron chi connectivity index (χ3n) is 0.471. The highest BCUT2D eigenvalue weighted by Crippen LogP contribution is 1.94. The lowest BCUT2D eigenvalue weighted by atomic mass is 10.7. The van der Waals surface area contributed by atoms with Gasteiger partial charge in [-0.1, -0.05) is 0 Å². The zero-order chi connectivity index (χ0) is 7.11. The highest BCUT2D eigenvalue weighted by molar-refractivity contribution is 8.03. The Kier molecular flexibility index (Phi) is 4.54. The van der Waals surface area contributed by atoms with E-state index in [4.69, 9.17) is 5.26 Å². The molecule has 4 nitrogen and oxygen atoms in total. The average molecular weight is 144 g/mol. The van der Waals surface area contributed by atoms with Crippen LogP contribution in [0.2, 0.25) is 0 Å². The van der Waals surface area contributed by atoms with Crippen LogP contribution >= 0.6 is 11.8 Å². The Morgan fingerprint density at radius 3 is 3.00 bits per heavy atom. The summed E-state index contributed by atoms with van der Waals surface area (Å²) in [5.74, 6) is 0.373. The summed E-state index contributed by atoms with van der Waals surface area (Å²) in [6.07, 6.45) is 2.15. The van der Waals surface area contributed by atoms with Crippen molar-refractivity contribution in [2.45, 2.75) is 0 Å². The first kappa shape index (κ1) is 7.98. The maximum atomic E-state index is 9.59. The molecule has 0 heterocycles. The molecule has 0 bridgehead atoms. The van der Waals surface area contributed by atoms with Crippen molar-refractivity contribution in [1.82, 2.24) is 0 Å². The zero-order valence-corrected chi connectivity index (χ0v) is 5.30. The zero-order valence-electron chi connectivity index (χ0n) is 4.48. The van der Waals surface area contributed by atoms with E-state index in [0.29, 0.717) is 5.75 Å². The molecule has 0 aromatic rings. The maximum absolute atomic E-state index is 9.59. The number of rotatable bonds is 3. The predicted molar refractivity (Wildman–Crippen MR) is 34.2 cm³/mol. The molecule has 0 saturated carbocycles. The number of hydrogen-bond acceptors (Lipinski definition) is 4. The monoisotopic (exact) mass is 144 g/mol. The van der Waals surface area contributed by atoms with Crippen LogP contribution in [0.1, 0.15) is 0 Å². The van der Waals surface area contributed by atoms with Crippen molar-refractivity contribution >= 4 is 11.8 Å². The summed E-state index contributed by atoms with van der Waals surface area (Å²) in [6.45, 7) is 0. The molecular weight excluding hydrogens is 140 g/mol. The van der Waals surface area contributed by atoms with Gasteiger partial charge in [0.25, 0.3) is 0 Å². The number of hydrogen-bond donors (Lipinski definition) is 0. The van der Waals surface area contributed by atoms with E-state index in [1.807, 2.05) is 0 Å². The van der Waals surface area contributed by atoms with Crippen molar-refractivity contribution in [2.24, 2.45) is 0 Å². The predicted octanol–water partition coefficient (Wildman–Crippen LogP) is 0.991. The Morgan fingerprint density at radius 1 is 1.89 bits per heavy atom. The van der Waals surface area contributed by atoms with Crippen molar-refractivity contribution in [1.29, 1.82) is 5.26 Å². The third kappa shape index (κ3) is 6.98. The molecule has 0 aliphatic heterocycles. The first-order valence-corrected chi connectivity index (χ1v) is 3.07. The third-order valence-corrected chi connectivity index (χ3v) is 0.959. The Bertz CT molecular complexity index is 160. The van der Waals surface area contributed by atoms with E-state index in [2.05, 4.69) is 0 Å². The van der Waals surface area contributed by atoms with Gasteiger partial charge in [0.15, 0.2) is 0 Å². The van der Waals surface area contributed by atoms with Crippen LogP contribution in [0.5, 0.6) is 0 Å². The van der Waals surface area contributed by atoms with Gasteiger partial charge in [-0.2, -0.15) is 5.26 Å². The van der Waals surface area contributed by atoms with Gasteiger partial charge in [0, 0.05) is 5.75 Å². The molecular formula is C4H4N2O2S. The number of thioether (sulfide) groups is 1. The van der Waals surface area contributed by atoms with Crippen molar-refractivity contribution < 1.29 is 4.92 Å².